The van der Waals surface area contributed by atoms with E-state index in [4.69, 9.17) is 14.5 Å². The second-order valence-electron chi connectivity index (χ2n) is 7.06. The first-order valence-corrected chi connectivity index (χ1v) is 10.8. The largest absolute Gasteiger partial charge is 0.504 e. The third-order valence-corrected chi connectivity index (χ3v) is 5.36. The summed E-state index contributed by atoms with van der Waals surface area (Å²) in [6.07, 6.45) is -2.67. The smallest absolute Gasteiger partial charge is 0.469 e. The van der Waals surface area contributed by atoms with Crippen molar-refractivity contribution in [3.8, 4) is 11.5 Å². The molecule has 172 valence electrons. The Morgan fingerprint density at radius 2 is 1.91 bits per heavy atom. The molecule has 2 aromatic heterocycles. The maximum atomic E-state index is 10.9. The number of phenolic OH excluding ortho intramolecular Hbond substituents is 2. The highest BCUT2D eigenvalue weighted by Gasteiger charge is 2.45. The molecule has 1 fully saturated rings. The van der Waals surface area contributed by atoms with Crippen LogP contribution in [-0.2, 0) is 20.4 Å². The van der Waals surface area contributed by atoms with Crippen LogP contribution < -0.4 is 5.32 Å². The number of phosphoric acid groups is 1. The summed E-state index contributed by atoms with van der Waals surface area (Å²) in [6.45, 7) is -0.386. The molecule has 0 unspecified atom stereocenters. The van der Waals surface area contributed by atoms with Crippen molar-refractivity contribution >= 4 is 24.8 Å². The molecule has 0 aliphatic carbocycles. The van der Waals surface area contributed by atoms with E-state index in [-0.39, 0.29) is 23.7 Å². The topological polar surface area (TPSA) is 213 Å². The number of rotatable bonds is 7. The molecular weight excluding hydrogens is 449 g/mol. The standard InChI is InChI=1S/C17H20N5O9P/c23-9-2-1-8(3-10(9)24)4-18-15-12-16(20-6-19-15)22(7-21-12)17-14(26)13(25)11(31-17)5-30-32(27,28)29/h1-3,6-7,11,13-14,17,23-26H,4-5H2,(H,18,19,20)(H2,27,28,29)/t11-,13-,14-,17-/m1/s1. The van der Waals surface area contributed by atoms with Crippen LogP contribution in [0.1, 0.15) is 11.8 Å². The number of benzene rings is 1. The van der Waals surface area contributed by atoms with E-state index in [1.165, 1.54) is 29.4 Å². The molecule has 7 N–H and O–H groups in total. The van der Waals surface area contributed by atoms with Crippen LogP contribution in [0.3, 0.4) is 0 Å². The number of aliphatic hydroxyl groups excluding tert-OH is 2. The van der Waals surface area contributed by atoms with E-state index in [0.717, 1.165) is 0 Å². The van der Waals surface area contributed by atoms with Crippen LogP contribution >= 0.6 is 7.82 Å². The monoisotopic (exact) mass is 469 g/mol. The Labute approximate surface area is 180 Å². The van der Waals surface area contributed by atoms with Crippen LogP contribution in [-0.4, -0.2) is 74.7 Å². The number of nitrogens with zero attached hydrogens (tertiary/aromatic N) is 4. The van der Waals surface area contributed by atoms with E-state index in [1.807, 2.05) is 0 Å². The number of phosphoric ester groups is 1. The third kappa shape index (κ3) is 4.52. The van der Waals surface area contributed by atoms with Gasteiger partial charge in [0.25, 0.3) is 0 Å². The Kier molecular flexibility index (Phi) is 6.01. The highest BCUT2D eigenvalue weighted by molar-refractivity contribution is 7.46. The number of imidazole rings is 1. The molecule has 0 amide bonds. The van der Waals surface area contributed by atoms with Gasteiger partial charge in [-0.1, -0.05) is 6.07 Å². The van der Waals surface area contributed by atoms with Gasteiger partial charge in [0.15, 0.2) is 34.7 Å². The van der Waals surface area contributed by atoms with Crippen LogP contribution in [0.25, 0.3) is 11.2 Å². The van der Waals surface area contributed by atoms with Gasteiger partial charge in [0.1, 0.15) is 24.6 Å². The number of hydrogen-bond donors (Lipinski definition) is 7. The maximum Gasteiger partial charge on any atom is 0.469 e. The highest BCUT2D eigenvalue weighted by atomic mass is 31.2. The lowest BCUT2D eigenvalue weighted by Crippen LogP contribution is -2.33. The predicted octanol–water partition coefficient (Wildman–Crippen LogP) is -0.422. The van der Waals surface area contributed by atoms with Gasteiger partial charge in [0.05, 0.1) is 12.9 Å². The first-order valence-electron chi connectivity index (χ1n) is 9.28. The lowest BCUT2D eigenvalue weighted by atomic mass is 10.1. The lowest BCUT2D eigenvalue weighted by molar-refractivity contribution is -0.0504. The summed E-state index contributed by atoms with van der Waals surface area (Å²) in [6, 6.07) is 4.36. The van der Waals surface area contributed by atoms with Crippen LogP contribution in [0.2, 0.25) is 0 Å². The first-order chi connectivity index (χ1) is 15.1. The molecule has 4 rings (SSSR count). The Morgan fingerprint density at radius 3 is 2.62 bits per heavy atom. The number of phenols is 2. The zero-order valence-electron chi connectivity index (χ0n) is 16.3. The molecule has 14 nitrogen and oxygen atoms in total. The van der Waals surface area contributed by atoms with Gasteiger partial charge in [-0.2, -0.15) is 0 Å². The number of aromatic nitrogens is 4. The van der Waals surface area contributed by atoms with Crippen LogP contribution in [0.4, 0.5) is 5.82 Å². The molecule has 3 aromatic rings. The molecule has 1 aliphatic rings. The Morgan fingerprint density at radius 1 is 1.12 bits per heavy atom. The minimum Gasteiger partial charge on any atom is -0.504 e. The maximum absolute atomic E-state index is 10.9. The Hall–Kier alpha value is -2.84. The molecule has 0 radical (unpaired) electrons. The molecule has 0 spiro atoms. The lowest BCUT2D eigenvalue weighted by Gasteiger charge is -2.16. The van der Waals surface area contributed by atoms with Crippen molar-refractivity contribution in [3.05, 3.63) is 36.4 Å². The van der Waals surface area contributed by atoms with Crippen molar-refractivity contribution in [1.82, 2.24) is 19.5 Å². The highest BCUT2D eigenvalue weighted by Crippen LogP contribution is 2.39. The van der Waals surface area contributed by atoms with Crippen molar-refractivity contribution < 1.29 is 44.0 Å². The summed E-state index contributed by atoms with van der Waals surface area (Å²) >= 11 is 0. The number of fused-ring (bicyclic) bond motifs is 1. The zero-order chi connectivity index (χ0) is 23.0. The number of nitrogens with one attached hydrogen (secondary N) is 1. The zero-order valence-corrected chi connectivity index (χ0v) is 17.1. The number of hydrogen-bond acceptors (Lipinski definition) is 11. The normalized spacial score (nSPS) is 23.6. The van der Waals surface area contributed by atoms with Gasteiger partial charge in [0.2, 0.25) is 0 Å². The fourth-order valence-electron chi connectivity index (χ4n) is 3.30. The van der Waals surface area contributed by atoms with Crippen molar-refractivity contribution in [3.63, 3.8) is 0 Å². The van der Waals surface area contributed by atoms with E-state index in [0.29, 0.717) is 16.9 Å². The minimum atomic E-state index is -4.78. The van der Waals surface area contributed by atoms with Crippen molar-refractivity contribution in [2.24, 2.45) is 0 Å². The number of anilines is 1. The van der Waals surface area contributed by atoms with Gasteiger partial charge in [-0.3, -0.25) is 9.09 Å². The minimum absolute atomic E-state index is 0.237. The van der Waals surface area contributed by atoms with Gasteiger partial charge in [-0.25, -0.2) is 19.5 Å². The predicted molar refractivity (Wildman–Crippen MR) is 106 cm³/mol. The average Bonchev–Trinajstić information content (AvgIpc) is 3.29. The van der Waals surface area contributed by atoms with E-state index in [9.17, 15) is 25.0 Å². The molecule has 1 saturated heterocycles. The van der Waals surface area contributed by atoms with Crippen LogP contribution in [0.5, 0.6) is 11.5 Å². The summed E-state index contributed by atoms with van der Waals surface area (Å²) in [5.41, 5.74) is 1.26. The van der Waals surface area contributed by atoms with Crippen molar-refractivity contribution in [1.29, 1.82) is 0 Å². The van der Waals surface area contributed by atoms with Crippen molar-refractivity contribution in [2.45, 2.75) is 31.1 Å². The fourth-order valence-corrected chi connectivity index (χ4v) is 3.64. The quantitative estimate of drug-likeness (QED) is 0.173. The molecule has 32 heavy (non-hydrogen) atoms. The molecule has 0 bridgehead atoms. The summed E-state index contributed by atoms with van der Waals surface area (Å²) in [5, 5.41) is 42.6. The van der Waals surface area contributed by atoms with Crippen molar-refractivity contribution in [2.75, 3.05) is 11.9 Å². The van der Waals surface area contributed by atoms with Gasteiger partial charge < -0.3 is 40.3 Å². The van der Waals surface area contributed by atoms with Gasteiger partial charge in [0, 0.05) is 6.54 Å². The third-order valence-electron chi connectivity index (χ3n) is 4.88. The number of aromatic hydroxyl groups is 2. The first kappa shape index (κ1) is 22.4. The fraction of sp³-hybridized carbons (Fsp3) is 0.353. The molecular formula is C17H20N5O9P. The molecule has 3 heterocycles. The second-order valence-corrected chi connectivity index (χ2v) is 8.29. The Balaban J connectivity index is 1.53. The van der Waals surface area contributed by atoms with Crippen LogP contribution in [0, 0.1) is 0 Å². The van der Waals surface area contributed by atoms with E-state index in [1.54, 1.807) is 6.07 Å². The summed E-state index contributed by atoms with van der Waals surface area (Å²) < 4.78 is 22.2. The van der Waals surface area contributed by atoms with Gasteiger partial charge in [-0.15, -0.1) is 0 Å². The molecule has 15 heteroatoms. The van der Waals surface area contributed by atoms with E-state index >= 15 is 0 Å². The number of aliphatic hydroxyl groups is 2. The van der Waals surface area contributed by atoms with Crippen LogP contribution in [0.15, 0.2) is 30.9 Å². The number of ether oxygens (including phenoxy) is 1. The second kappa shape index (κ2) is 8.60. The van der Waals surface area contributed by atoms with E-state index in [2.05, 4.69) is 24.8 Å². The average molecular weight is 469 g/mol. The van der Waals surface area contributed by atoms with Gasteiger partial charge >= 0.3 is 7.82 Å². The molecule has 4 atom stereocenters. The van der Waals surface area contributed by atoms with Gasteiger partial charge in [-0.05, 0) is 17.7 Å². The van der Waals surface area contributed by atoms with E-state index < -0.39 is 39.0 Å². The Bertz CT molecular complexity index is 1170. The molecule has 1 aromatic carbocycles. The summed E-state index contributed by atoms with van der Waals surface area (Å²) in [7, 11) is -4.78. The molecule has 0 saturated carbocycles. The molecule has 1 aliphatic heterocycles. The summed E-state index contributed by atoms with van der Waals surface area (Å²) in [4.78, 5) is 30.2. The SMILES string of the molecule is O=P(O)(O)OC[C@H]1O[C@@H](n2cnc3c(NCc4ccc(O)c(O)c4)ncnc32)[C@H](O)[C@@H]1O. The summed E-state index contributed by atoms with van der Waals surface area (Å²) in [5.74, 6) is -0.154.